The van der Waals surface area contributed by atoms with Gasteiger partial charge < -0.3 is 0 Å². The van der Waals surface area contributed by atoms with Crippen molar-refractivity contribution in [3.63, 3.8) is 0 Å². The monoisotopic (exact) mass is 206 g/mol. The summed E-state index contributed by atoms with van der Waals surface area (Å²) in [7, 11) is 1.18. The zero-order chi connectivity index (χ0) is 10.8. The lowest BCUT2D eigenvalue weighted by Crippen LogP contribution is -2.16. The van der Waals surface area contributed by atoms with Gasteiger partial charge in [-0.25, -0.2) is 0 Å². The average Bonchev–Trinajstić information content (AvgIpc) is 2.06. The molecule has 0 unspecified atom stereocenters. The minimum atomic E-state index is 0.456. The maximum atomic E-state index is 2.32. The van der Waals surface area contributed by atoms with Gasteiger partial charge in [-0.05, 0) is 30.7 Å². The highest BCUT2D eigenvalue weighted by Crippen LogP contribution is 2.20. The summed E-state index contributed by atoms with van der Waals surface area (Å²) in [5.74, 6) is 0. The molecule has 0 atom stereocenters. The summed E-state index contributed by atoms with van der Waals surface area (Å²) in [6.07, 6.45) is 2.52. The predicted octanol–water partition coefficient (Wildman–Crippen LogP) is 1.96. The van der Waals surface area contributed by atoms with Crippen LogP contribution in [0.1, 0.15) is 38.3 Å². The van der Waals surface area contributed by atoms with E-state index < -0.39 is 0 Å². The first-order valence-electron chi connectivity index (χ1n) is 5.45. The smallest absolute Gasteiger partial charge is 0.0392 e. The van der Waals surface area contributed by atoms with E-state index in [4.69, 9.17) is 0 Å². The second-order valence-corrected chi connectivity index (χ2v) is 6.42. The fraction of sp³-hybridized carbons (Fsp3) is 0.538. The Bertz CT molecular complexity index is 308. The Morgan fingerprint density at radius 2 is 1.86 bits per heavy atom. The highest BCUT2D eigenvalue weighted by molar-refractivity contribution is 6.34. The Morgan fingerprint density at radius 1 is 1.21 bits per heavy atom. The van der Waals surface area contributed by atoms with E-state index in [0.29, 0.717) is 5.41 Å². The van der Waals surface area contributed by atoms with E-state index in [1.54, 1.807) is 10.8 Å². The molecule has 0 aliphatic heterocycles. The molecule has 0 bridgehead atoms. The molecule has 1 aromatic rings. The summed E-state index contributed by atoms with van der Waals surface area (Å²) in [6, 6.07) is 6.71. The van der Waals surface area contributed by atoms with Crippen LogP contribution in [0.5, 0.6) is 0 Å². The topological polar surface area (TPSA) is 0 Å². The average molecular weight is 206 g/mol. The number of benzene rings is 1. The van der Waals surface area contributed by atoms with Gasteiger partial charge in [0.2, 0.25) is 0 Å². The molecule has 1 aromatic carbocycles. The van der Waals surface area contributed by atoms with Crippen LogP contribution in [-0.2, 0) is 6.42 Å². The molecule has 0 saturated heterocycles. The van der Waals surface area contributed by atoms with Gasteiger partial charge in [0.15, 0.2) is 0 Å². The first kappa shape index (κ1) is 11.5. The molecule has 1 heteroatoms. The molecular formula is C13H22Si. The van der Waals surface area contributed by atoms with Crippen LogP contribution in [-0.4, -0.2) is 10.2 Å². The third-order valence-electron chi connectivity index (χ3n) is 2.86. The summed E-state index contributed by atoms with van der Waals surface area (Å²) in [4.78, 5) is 0. The molecular weight excluding hydrogens is 184 g/mol. The molecule has 0 saturated carbocycles. The Hall–Kier alpha value is -0.563. The van der Waals surface area contributed by atoms with Gasteiger partial charge >= 0.3 is 0 Å². The van der Waals surface area contributed by atoms with Crippen LogP contribution in [0.2, 0.25) is 0 Å². The van der Waals surface area contributed by atoms with Crippen molar-refractivity contribution in [1.29, 1.82) is 0 Å². The maximum Gasteiger partial charge on any atom is 0.0392 e. The largest absolute Gasteiger partial charge is 0.0648 e. The summed E-state index contributed by atoms with van der Waals surface area (Å²) in [5.41, 5.74) is 3.51. The van der Waals surface area contributed by atoms with Gasteiger partial charge in [-0.15, -0.1) is 0 Å². The normalized spacial score (nSPS) is 12.0. The number of hydrogen-bond acceptors (Lipinski definition) is 0. The highest BCUT2D eigenvalue weighted by atomic mass is 28.1. The van der Waals surface area contributed by atoms with E-state index in [9.17, 15) is 0 Å². The molecule has 0 aliphatic rings. The van der Waals surface area contributed by atoms with E-state index in [-0.39, 0.29) is 0 Å². The van der Waals surface area contributed by atoms with Crippen LogP contribution in [0.4, 0.5) is 0 Å². The predicted molar refractivity (Wildman–Crippen MR) is 68.5 cm³/mol. The zero-order valence-electron chi connectivity index (χ0n) is 10.1. The number of aryl methyl sites for hydroxylation is 2. The first-order chi connectivity index (χ1) is 6.40. The van der Waals surface area contributed by atoms with Crippen molar-refractivity contribution in [3.05, 3.63) is 29.3 Å². The molecule has 0 aromatic heterocycles. The molecule has 0 N–H and O–H groups in total. The summed E-state index contributed by atoms with van der Waals surface area (Å²) in [5, 5.41) is 1.61. The molecule has 78 valence electrons. The van der Waals surface area contributed by atoms with Crippen molar-refractivity contribution in [2.24, 2.45) is 5.41 Å². The van der Waals surface area contributed by atoms with Crippen LogP contribution in [0.15, 0.2) is 18.2 Å². The maximum absolute atomic E-state index is 2.32. The fourth-order valence-electron chi connectivity index (χ4n) is 1.59. The van der Waals surface area contributed by atoms with Crippen LogP contribution in [0.3, 0.4) is 0 Å². The Morgan fingerprint density at radius 3 is 2.43 bits per heavy atom. The van der Waals surface area contributed by atoms with Crippen LogP contribution < -0.4 is 5.19 Å². The summed E-state index contributed by atoms with van der Waals surface area (Å²) in [6.45, 7) is 9.17. The Labute approximate surface area is 91.2 Å². The standard InChI is InChI=1S/C13H22Si/c1-10-6-5-7-11(12(10)14)8-9-13(2,3)4/h5-7H,8-9H2,1-4,14H3. The van der Waals surface area contributed by atoms with Crippen LogP contribution >= 0.6 is 0 Å². The van der Waals surface area contributed by atoms with Crippen molar-refractivity contribution < 1.29 is 0 Å². The van der Waals surface area contributed by atoms with Gasteiger partial charge in [-0.3, -0.25) is 0 Å². The minimum Gasteiger partial charge on any atom is -0.0648 e. The van der Waals surface area contributed by atoms with Crippen molar-refractivity contribution in [2.45, 2.75) is 40.5 Å². The summed E-state index contributed by atoms with van der Waals surface area (Å²) >= 11 is 0. The van der Waals surface area contributed by atoms with Gasteiger partial charge in [-0.1, -0.05) is 49.7 Å². The molecule has 0 heterocycles. The number of rotatable bonds is 2. The van der Waals surface area contributed by atoms with Gasteiger partial charge in [0, 0.05) is 10.2 Å². The Balaban J connectivity index is 2.73. The van der Waals surface area contributed by atoms with Crippen molar-refractivity contribution in [3.8, 4) is 0 Å². The van der Waals surface area contributed by atoms with Gasteiger partial charge in [0.1, 0.15) is 0 Å². The molecule has 0 fully saturated rings. The van der Waals surface area contributed by atoms with E-state index in [1.807, 2.05) is 0 Å². The molecule has 0 aliphatic carbocycles. The Kier molecular flexibility index (Phi) is 3.54. The minimum absolute atomic E-state index is 0.456. The van der Waals surface area contributed by atoms with Gasteiger partial charge in [-0.2, -0.15) is 0 Å². The van der Waals surface area contributed by atoms with E-state index in [1.165, 1.54) is 28.6 Å². The van der Waals surface area contributed by atoms with Crippen LogP contribution in [0, 0.1) is 12.3 Å². The third-order valence-corrected chi connectivity index (χ3v) is 4.29. The van der Waals surface area contributed by atoms with Crippen molar-refractivity contribution in [2.75, 3.05) is 0 Å². The van der Waals surface area contributed by atoms with Gasteiger partial charge in [0.25, 0.3) is 0 Å². The third kappa shape index (κ3) is 3.30. The summed E-state index contributed by atoms with van der Waals surface area (Å²) < 4.78 is 0. The molecule has 0 amide bonds. The quantitative estimate of drug-likeness (QED) is 0.649. The van der Waals surface area contributed by atoms with E-state index in [2.05, 4.69) is 45.9 Å². The number of hydrogen-bond donors (Lipinski definition) is 0. The lowest BCUT2D eigenvalue weighted by Gasteiger charge is -2.19. The highest BCUT2D eigenvalue weighted by Gasteiger charge is 2.10. The van der Waals surface area contributed by atoms with E-state index in [0.717, 1.165) is 0 Å². The molecule has 1 rings (SSSR count). The second-order valence-electron chi connectivity index (χ2n) is 5.42. The molecule has 0 nitrogen and oxygen atoms in total. The van der Waals surface area contributed by atoms with Crippen LogP contribution in [0.25, 0.3) is 0 Å². The molecule has 0 spiro atoms. The van der Waals surface area contributed by atoms with Gasteiger partial charge in [0.05, 0.1) is 0 Å². The van der Waals surface area contributed by atoms with Crippen molar-refractivity contribution >= 4 is 15.4 Å². The van der Waals surface area contributed by atoms with E-state index >= 15 is 0 Å². The molecule has 0 radical (unpaired) electrons. The second kappa shape index (κ2) is 4.31. The molecule has 14 heavy (non-hydrogen) atoms. The zero-order valence-corrected chi connectivity index (χ0v) is 12.1. The lowest BCUT2D eigenvalue weighted by molar-refractivity contribution is 0.378. The SMILES string of the molecule is Cc1cccc(CCC(C)(C)C)c1[SiH3]. The lowest BCUT2D eigenvalue weighted by atomic mass is 9.88. The first-order valence-corrected chi connectivity index (χ1v) is 6.45. The fourth-order valence-corrected chi connectivity index (χ4v) is 2.18. The van der Waals surface area contributed by atoms with Crippen molar-refractivity contribution in [1.82, 2.24) is 0 Å².